The Morgan fingerprint density at radius 3 is 2.57 bits per heavy atom. The number of amides is 2. The van der Waals surface area contributed by atoms with E-state index in [1.54, 1.807) is 17.9 Å². The fourth-order valence-corrected chi connectivity index (χ4v) is 3.46. The van der Waals surface area contributed by atoms with Gasteiger partial charge in [-0.3, -0.25) is 14.5 Å². The van der Waals surface area contributed by atoms with Crippen LogP contribution in [-0.4, -0.2) is 66.1 Å². The predicted octanol–water partition coefficient (Wildman–Crippen LogP) is 2.30. The highest BCUT2D eigenvalue weighted by Crippen LogP contribution is 2.20. The van der Waals surface area contributed by atoms with E-state index in [1.165, 1.54) is 0 Å². The van der Waals surface area contributed by atoms with Crippen molar-refractivity contribution in [3.63, 3.8) is 0 Å². The molecule has 0 unspecified atom stereocenters. The third-order valence-corrected chi connectivity index (χ3v) is 5.07. The van der Waals surface area contributed by atoms with Gasteiger partial charge in [0.05, 0.1) is 6.54 Å². The number of aromatic nitrogens is 1. The van der Waals surface area contributed by atoms with Crippen molar-refractivity contribution < 1.29 is 18.8 Å². The maximum atomic E-state index is 12.5. The smallest absolute Gasteiger partial charge is 0.260 e. The molecule has 1 N–H and O–H groups in total. The second-order valence-electron chi connectivity index (χ2n) is 7.33. The summed E-state index contributed by atoms with van der Waals surface area (Å²) >= 11 is 0. The number of hydrogen-bond donors (Lipinski definition) is 1. The molecule has 1 fully saturated rings. The van der Waals surface area contributed by atoms with E-state index in [4.69, 9.17) is 9.26 Å². The van der Waals surface area contributed by atoms with E-state index in [2.05, 4.69) is 10.5 Å². The molecule has 0 bridgehead atoms. The van der Waals surface area contributed by atoms with Crippen LogP contribution < -0.4 is 10.1 Å². The Kier molecular flexibility index (Phi) is 5.94. The Labute approximate surface area is 174 Å². The van der Waals surface area contributed by atoms with Crippen molar-refractivity contribution >= 4 is 28.4 Å². The average molecular weight is 408 g/mol. The SMILES string of the molecule is Cc1cc(NC(=O)CN2CCN(C(=O)COc3ccc4ccccc4c3)CC2)no1. The van der Waals surface area contributed by atoms with Gasteiger partial charge in [0, 0.05) is 32.2 Å². The van der Waals surface area contributed by atoms with Gasteiger partial charge in [0.25, 0.3) is 5.91 Å². The molecule has 1 aliphatic heterocycles. The fraction of sp³-hybridized carbons (Fsp3) is 0.318. The monoisotopic (exact) mass is 408 g/mol. The van der Waals surface area contributed by atoms with Gasteiger partial charge in [0.1, 0.15) is 11.5 Å². The highest BCUT2D eigenvalue weighted by molar-refractivity contribution is 5.91. The first kappa shape index (κ1) is 19.9. The zero-order valence-corrected chi connectivity index (χ0v) is 16.8. The predicted molar refractivity (Wildman–Crippen MR) is 112 cm³/mol. The summed E-state index contributed by atoms with van der Waals surface area (Å²) in [5.74, 6) is 1.54. The number of aryl methyl sites for hydroxylation is 1. The van der Waals surface area contributed by atoms with Crippen LogP contribution in [0.1, 0.15) is 5.76 Å². The Balaban J connectivity index is 1.21. The molecule has 2 heterocycles. The van der Waals surface area contributed by atoms with Crippen molar-refractivity contribution in [2.24, 2.45) is 0 Å². The van der Waals surface area contributed by atoms with Crippen molar-refractivity contribution in [2.75, 3.05) is 44.6 Å². The Morgan fingerprint density at radius 1 is 1.07 bits per heavy atom. The lowest BCUT2D eigenvalue weighted by Crippen LogP contribution is -2.51. The second-order valence-corrected chi connectivity index (χ2v) is 7.33. The Hall–Kier alpha value is -3.39. The number of fused-ring (bicyclic) bond motifs is 1. The zero-order valence-electron chi connectivity index (χ0n) is 16.8. The third kappa shape index (κ3) is 4.96. The van der Waals surface area contributed by atoms with Crippen LogP contribution in [0.4, 0.5) is 5.82 Å². The fourth-order valence-electron chi connectivity index (χ4n) is 3.46. The van der Waals surface area contributed by atoms with Gasteiger partial charge in [-0.2, -0.15) is 0 Å². The minimum absolute atomic E-state index is 0.00430. The maximum absolute atomic E-state index is 12.5. The van der Waals surface area contributed by atoms with Gasteiger partial charge in [-0.1, -0.05) is 35.5 Å². The molecular formula is C22H24N4O4. The molecule has 0 saturated carbocycles. The number of carbonyl (C=O) groups is 2. The molecule has 1 aliphatic rings. The van der Waals surface area contributed by atoms with Crippen LogP contribution in [0.15, 0.2) is 53.1 Å². The van der Waals surface area contributed by atoms with E-state index in [-0.39, 0.29) is 25.0 Å². The van der Waals surface area contributed by atoms with Gasteiger partial charge in [-0.25, -0.2) is 0 Å². The number of anilines is 1. The first-order valence-corrected chi connectivity index (χ1v) is 9.92. The third-order valence-electron chi connectivity index (χ3n) is 5.07. The summed E-state index contributed by atoms with van der Waals surface area (Å²) in [7, 11) is 0. The molecule has 2 amide bonds. The number of carbonyl (C=O) groups excluding carboxylic acids is 2. The molecule has 1 saturated heterocycles. The summed E-state index contributed by atoms with van der Waals surface area (Å²) < 4.78 is 10.6. The summed E-state index contributed by atoms with van der Waals surface area (Å²) in [6, 6.07) is 15.5. The molecule has 0 atom stereocenters. The first-order chi connectivity index (χ1) is 14.6. The van der Waals surface area contributed by atoms with Crippen molar-refractivity contribution in [1.82, 2.24) is 15.0 Å². The quantitative estimate of drug-likeness (QED) is 0.673. The lowest BCUT2D eigenvalue weighted by molar-refractivity contribution is -0.135. The molecule has 8 heteroatoms. The highest BCUT2D eigenvalue weighted by Gasteiger charge is 2.23. The van der Waals surface area contributed by atoms with Gasteiger partial charge < -0.3 is 19.5 Å². The zero-order chi connectivity index (χ0) is 20.9. The van der Waals surface area contributed by atoms with Gasteiger partial charge in [-0.15, -0.1) is 0 Å². The molecule has 8 nitrogen and oxygen atoms in total. The van der Waals surface area contributed by atoms with Crippen LogP contribution >= 0.6 is 0 Å². The van der Waals surface area contributed by atoms with Gasteiger partial charge >= 0.3 is 0 Å². The molecule has 0 aliphatic carbocycles. The largest absolute Gasteiger partial charge is 0.484 e. The van der Waals surface area contributed by atoms with Gasteiger partial charge in [-0.05, 0) is 29.8 Å². The van der Waals surface area contributed by atoms with E-state index in [9.17, 15) is 9.59 Å². The van der Waals surface area contributed by atoms with Crippen LogP contribution in [0.3, 0.4) is 0 Å². The molecule has 3 aromatic rings. The number of nitrogens with one attached hydrogen (secondary N) is 1. The molecule has 0 radical (unpaired) electrons. The number of ether oxygens (including phenoxy) is 1. The summed E-state index contributed by atoms with van der Waals surface area (Å²) in [5, 5.41) is 8.68. The van der Waals surface area contributed by atoms with E-state index >= 15 is 0 Å². The van der Waals surface area contributed by atoms with Crippen LogP contribution in [0.25, 0.3) is 10.8 Å². The second kappa shape index (κ2) is 8.96. The van der Waals surface area contributed by atoms with Crippen LogP contribution in [0.2, 0.25) is 0 Å². The normalized spacial score (nSPS) is 14.6. The number of hydrogen-bond acceptors (Lipinski definition) is 6. The van der Waals surface area contributed by atoms with E-state index in [1.807, 2.05) is 47.4 Å². The average Bonchev–Trinajstić information content (AvgIpc) is 3.16. The summed E-state index contributed by atoms with van der Waals surface area (Å²) in [6.45, 7) is 4.42. The van der Waals surface area contributed by atoms with E-state index < -0.39 is 0 Å². The Bertz CT molecular complexity index is 1040. The standard InChI is InChI=1S/C22H24N4O4/c1-16-12-20(24-30-16)23-21(27)14-25-8-10-26(11-9-25)22(28)15-29-19-7-6-17-4-2-3-5-18(17)13-19/h2-7,12-13H,8-11,14-15H2,1H3,(H,23,24,27). The van der Waals surface area contributed by atoms with Gasteiger partial charge in [0.2, 0.25) is 5.91 Å². The topological polar surface area (TPSA) is 87.9 Å². The molecular weight excluding hydrogens is 384 g/mol. The van der Waals surface area contributed by atoms with Crippen molar-refractivity contribution in [1.29, 1.82) is 0 Å². The van der Waals surface area contributed by atoms with Crippen LogP contribution in [-0.2, 0) is 9.59 Å². The number of piperazine rings is 1. The van der Waals surface area contributed by atoms with Gasteiger partial charge in [0.15, 0.2) is 12.4 Å². The molecule has 1 aromatic heterocycles. The molecule has 2 aromatic carbocycles. The highest BCUT2D eigenvalue weighted by atomic mass is 16.5. The molecule has 4 rings (SSSR count). The number of benzene rings is 2. The van der Waals surface area contributed by atoms with Crippen molar-refractivity contribution in [3.05, 3.63) is 54.3 Å². The minimum atomic E-state index is -0.150. The summed E-state index contributed by atoms with van der Waals surface area (Å²) in [5.41, 5.74) is 0. The van der Waals surface area contributed by atoms with E-state index in [0.717, 1.165) is 10.8 Å². The number of nitrogens with zero attached hydrogens (tertiary/aromatic N) is 3. The summed E-state index contributed by atoms with van der Waals surface area (Å²) in [6.07, 6.45) is 0. The summed E-state index contributed by atoms with van der Waals surface area (Å²) in [4.78, 5) is 28.4. The molecule has 156 valence electrons. The van der Waals surface area contributed by atoms with Crippen molar-refractivity contribution in [3.8, 4) is 5.75 Å². The maximum Gasteiger partial charge on any atom is 0.260 e. The minimum Gasteiger partial charge on any atom is -0.484 e. The lowest BCUT2D eigenvalue weighted by atomic mass is 10.1. The number of rotatable bonds is 6. The van der Waals surface area contributed by atoms with Crippen LogP contribution in [0, 0.1) is 6.92 Å². The molecule has 30 heavy (non-hydrogen) atoms. The molecule has 0 spiro atoms. The first-order valence-electron chi connectivity index (χ1n) is 9.92. The lowest BCUT2D eigenvalue weighted by Gasteiger charge is -2.34. The Morgan fingerprint density at radius 2 is 1.83 bits per heavy atom. The van der Waals surface area contributed by atoms with Crippen LogP contribution in [0.5, 0.6) is 5.75 Å². The van der Waals surface area contributed by atoms with Crippen molar-refractivity contribution in [2.45, 2.75) is 6.92 Å². The van der Waals surface area contributed by atoms with E-state index in [0.29, 0.717) is 43.5 Å².